The predicted octanol–water partition coefficient (Wildman–Crippen LogP) is 0.705. The van der Waals surface area contributed by atoms with Crippen LogP contribution in [-0.2, 0) is 10.0 Å². The summed E-state index contributed by atoms with van der Waals surface area (Å²) in [6.45, 7) is 0. The van der Waals surface area contributed by atoms with Crippen LogP contribution >= 0.6 is 0 Å². The van der Waals surface area contributed by atoms with Gasteiger partial charge in [0.25, 0.3) is 0 Å². The quantitative estimate of drug-likeness (QED) is 0.757. The third kappa shape index (κ3) is 3.43. The van der Waals surface area contributed by atoms with Gasteiger partial charge in [-0.3, -0.25) is 0 Å². The molecule has 0 aliphatic heterocycles. The number of anilines is 1. The average molecular weight is 285 g/mol. The number of rotatable bonds is 4. The zero-order chi connectivity index (χ0) is 13.9. The zero-order valence-corrected chi connectivity index (χ0v) is 11.7. The highest BCUT2D eigenvalue weighted by atomic mass is 32.2. The number of nitrogens with one attached hydrogen (secondary N) is 2. The van der Waals surface area contributed by atoms with E-state index >= 15 is 0 Å². The third-order valence-corrected chi connectivity index (χ3v) is 4.78. The summed E-state index contributed by atoms with van der Waals surface area (Å²) in [5.41, 5.74) is 0. The van der Waals surface area contributed by atoms with Crippen molar-refractivity contribution < 1.29 is 13.5 Å². The Morgan fingerprint density at radius 3 is 2.63 bits per heavy atom. The first kappa shape index (κ1) is 14.2. The van der Waals surface area contributed by atoms with Crippen LogP contribution in [-0.4, -0.2) is 37.7 Å². The van der Waals surface area contributed by atoms with Crippen LogP contribution in [0.3, 0.4) is 0 Å². The van der Waals surface area contributed by atoms with Crippen molar-refractivity contribution in [1.29, 1.82) is 0 Å². The molecule has 106 valence electrons. The van der Waals surface area contributed by atoms with Crippen LogP contribution in [0.15, 0.2) is 23.2 Å². The number of pyridine rings is 1. The second-order valence-electron chi connectivity index (χ2n) is 4.69. The molecule has 1 saturated carbocycles. The number of nitrogens with zero attached hydrogens (tertiary/aromatic N) is 1. The van der Waals surface area contributed by atoms with Gasteiger partial charge in [-0.05, 0) is 32.0 Å². The van der Waals surface area contributed by atoms with E-state index in [0.717, 1.165) is 25.7 Å². The highest BCUT2D eigenvalue weighted by Gasteiger charge is 2.23. The van der Waals surface area contributed by atoms with Gasteiger partial charge in [0.15, 0.2) is 0 Å². The molecule has 0 amide bonds. The molecular weight excluding hydrogens is 266 g/mol. The molecule has 0 unspecified atom stereocenters. The van der Waals surface area contributed by atoms with Gasteiger partial charge in [0.2, 0.25) is 10.0 Å². The van der Waals surface area contributed by atoms with E-state index in [0.29, 0.717) is 5.82 Å². The van der Waals surface area contributed by atoms with E-state index in [4.69, 9.17) is 0 Å². The maximum atomic E-state index is 11.5. The summed E-state index contributed by atoms with van der Waals surface area (Å²) in [4.78, 5) is 4.21. The Morgan fingerprint density at radius 2 is 2.05 bits per heavy atom. The van der Waals surface area contributed by atoms with E-state index in [9.17, 15) is 13.5 Å². The van der Waals surface area contributed by atoms with Crippen LogP contribution in [0, 0.1) is 0 Å². The van der Waals surface area contributed by atoms with Gasteiger partial charge in [0.1, 0.15) is 10.7 Å². The van der Waals surface area contributed by atoms with E-state index in [2.05, 4.69) is 15.0 Å². The molecule has 1 fully saturated rings. The van der Waals surface area contributed by atoms with E-state index in [1.807, 2.05) is 0 Å². The van der Waals surface area contributed by atoms with Crippen molar-refractivity contribution in [2.75, 3.05) is 12.4 Å². The van der Waals surface area contributed by atoms with Crippen LogP contribution in [0.1, 0.15) is 25.7 Å². The molecule has 7 heteroatoms. The molecule has 2 atom stereocenters. The van der Waals surface area contributed by atoms with Crippen LogP contribution in [0.5, 0.6) is 0 Å². The number of aromatic nitrogens is 1. The molecule has 1 aliphatic carbocycles. The molecule has 0 radical (unpaired) electrons. The Hall–Kier alpha value is -1.18. The zero-order valence-electron chi connectivity index (χ0n) is 10.8. The van der Waals surface area contributed by atoms with Crippen molar-refractivity contribution in [2.24, 2.45) is 0 Å². The van der Waals surface area contributed by atoms with Crippen LogP contribution < -0.4 is 10.0 Å². The second-order valence-corrected chi connectivity index (χ2v) is 6.58. The fourth-order valence-electron chi connectivity index (χ4n) is 2.21. The molecule has 0 bridgehead atoms. The number of hydrogen-bond acceptors (Lipinski definition) is 5. The molecule has 0 aromatic carbocycles. The van der Waals surface area contributed by atoms with Gasteiger partial charge in [-0.1, -0.05) is 12.8 Å². The summed E-state index contributed by atoms with van der Waals surface area (Å²) in [5.74, 6) is 0.584. The van der Waals surface area contributed by atoms with Crippen LogP contribution in [0.25, 0.3) is 0 Å². The predicted molar refractivity (Wildman–Crippen MR) is 72.4 cm³/mol. The maximum absolute atomic E-state index is 11.5. The molecule has 1 heterocycles. The second kappa shape index (κ2) is 5.85. The number of sulfonamides is 1. The van der Waals surface area contributed by atoms with Gasteiger partial charge in [0, 0.05) is 6.20 Å². The first-order valence-corrected chi connectivity index (χ1v) is 7.85. The summed E-state index contributed by atoms with van der Waals surface area (Å²) in [6, 6.07) is 3.11. The van der Waals surface area contributed by atoms with E-state index in [-0.39, 0.29) is 17.0 Å². The lowest BCUT2D eigenvalue weighted by Gasteiger charge is -2.28. The standard InChI is InChI=1S/C12H19N3O3S/c1-13-19(17,18)9-6-7-12(14-8-9)15-10-4-2-3-5-11(10)16/h6-8,10-11,13,16H,2-5H2,1H3,(H,14,15)/t10-,11-/m0/s1. The minimum absolute atomic E-state index is 0.00647. The largest absolute Gasteiger partial charge is 0.391 e. The lowest BCUT2D eigenvalue weighted by atomic mass is 9.92. The number of aliphatic hydroxyl groups excluding tert-OH is 1. The fraction of sp³-hybridized carbons (Fsp3) is 0.583. The first-order chi connectivity index (χ1) is 9.03. The molecule has 6 nitrogen and oxygen atoms in total. The summed E-state index contributed by atoms with van der Waals surface area (Å²) in [5, 5.41) is 13.0. The van der Waals surface area contributed by atoms with Crippen molar-refractivity contribution in [2.45, 2.75) is 42.7 Å². The molecule has 3 N–H and O–H groups in total. The molecule has 2 rings (SSSR count). The smallest absolute Gasteiger partial charge is 0.241 e. The fourth-order valence-corrected chi connectivity index (χ4v) is 2.89. The molecule has 1 aromatic heterocycles. The number of aliphatic hydroxyl groups is 1. The van der Waals surface area contributed by atoms with E-state index in [1.165, 1.54) is 19.3 Å². The lowest BCUT2D eigenvalue weighted by Crippen LogP contribution is -2.36. The van der Waals surface area contributed by atoms with E-state index < -0.39 is 10.0 Å². The molecule has 1 aromatic rings. The maximum Gasteiger partial charge on any atom is 0.241 e. The lowest BCUT2D eigenvalue weighted by molar-refractivity contribution is 0.116. The van der Waals surface area contributed by atoms with E-state index in [1.54, 1.807) is 6.07 Å². The minimum atomic E-state index is -3.45. The molecule has 1 aliphatic rings. The number of hydrogen-bond donors (Lipinski definition) is 3. The van der Waals surface area contributed by atoms with Crippen molar-refractivity contribution in [3.05, 3.63) is 18.3 Å². The normalized spacial score (nSPS) is 24.1. The monoisotopic (exact) mass is 285 g/mol. The van der Waals surface area contributed by atoms with Crippen LogP contribution in [0.2, 0.25) is 0 Å². The molecule has 0 spiro atoms. The van der Waals surface area contributed by atoms with Crippen molar-refractivity contribution in [1.82, 2.24) is 9.71 Å². The van der Waals surface area contributed by atoms with Gasteiger partial charge in [-0.15, -0.1) is 0 Å². The Balaban J connectivity index is 2.06. The van der Waals surface area contributed by atoms with Gasteiger partial charge in [0.05, 0.1) is 12.1 Å². The Labute approximate surface area is 113 Å². The highest BCUT2D eigenvalue weighted by molar-refractivity contribution is 7.89. The Kier molecular flexibility index (Phi) is 4.38. The topological polar surface area (TPSA) is 91.3 Å². The van der Waals surface area contributed by atoms with Crippen molar-refractivity contribution >= 4 is 15.8 Å². The molecule has 0 saturated heterocycles. The third-order valence-electron chi connectivity index (χ3n) is 3.38. The highest BCUT2D eigenvalue weighted by Crippen LogP contribution is 2.21. The first-order valence-electron chi connectivity index (χ1n) is 6.37. The van der Waals surface area contributed by atoms with Gasteiger partial charge >= 0.3 is 0 Å². The summed E-state index contributed by atoms with van der Waals surface area (Å²) in [6.07, 6.45) is 4.77. The average Bonchev–Trinajstić information content (AvgIpc) is 2.42. The van der Waals surface area contributed by atoms with Gasteiger partial charge in [-0.2, -0.15) is 0 Å². The SMILES string of the molecule is CNS(=O)(=O)c1ccc(N[C@H]2CCCC[C@@H]2O)nc1. The van der Waals surface area contributed by atoms with Crippen molar-refractivity contribution in [3.63, 3.8) is 0 Å². The van der Waals surface area contributed by atoms with Gasteiger partial charge < -0.3 is 10.4 Å². The molecular formula is C12H19N3O3S. The molecule has 19 heavy (non-hydrogen) atoms. The summed E-state index contributed by atoms with van der Waals surface area (Å²) >= 11 is 0. The van der Waals surface area contributed by atoms with Crippen molar-refractivity contribution in [3.8, 4) is 0 Å². The summed E-state index contributed by atoms with van der Waals surface area (Å²) in [7, 11) is -2.09. The summed E-state index contributed by atoms with van der Waals surface area (Å²) < 4.78 is 25.3. The Bertz CT molecular complexity index is 516. The van der Waals surface area contributed by atoms with Crippen LogP contribution in [0.4, 0.5) is 5.82 Å². The Morgan fingerprint density at radius 1 is 1.32 bits per heavy atom. The minimum Gasteiger partial charge on any atom is -0.391 e. The van der Waals surface area contributed by atoms with Gasteiger partial charge in [-0.25, -0.2) is 18.1 Å².